The lowest BCUT2D eigenvalue weighted by atomic mass is 9.93. The third kappa shape index (κ3) is 4.78. The van der Waals surface area contributed by atoms with E-state index in [0.29, 0.717) is 0 Å². The van der Waals surface area contributed by atoms with E-state index >= 15 is 0 Å². The zero-order chi connectivity index (χ0) is 29.5. The van der Waals surface area contributed by atoms with Crippen LogP contribution >= 0.6 is 11.6 Å². The number of allylic oxidation sites excluding steroid dienone is 1. The van der Waals surface area contributed by atoms with Crippen LogP contribution in [-0.2, 0) is 0 Å². The summed E-state index contributed by atoms with van der Waals surface area (Å²) in [4.78, 5) is 9.79. The Morgan fingerprint density at radius 1 is 0.535 bits per heavy atom. The third-order valence-electron chi connectivity index (χ3n) is 8.58. The van der Waals surface area contributed by atoms with Crippen molar-refractivity contribution in [3.05, 3.63) is 138 Å². The van der Waals surface area contributed by atoms with Crippen LogP contribution in [0.3, 0.4) is 0 Å². The molecular weight excluding hydrogens is 544 g/mol. The van der Waals surface area contributed by atoms with Gasteiger partial charge in [-0.25, -0.2) is 9.98 Å². The number of aliphatic imine (C=N–C) groups is 2. The summed E-state index contributed by atoms with van der Waals surface area (Å²) in [5, 5.41) is 12.5. The van der Waals surface area contributed by atoms with Gasteiger partial charge in [0.05, 0.1) is 5.70 Å². The molecule has 7 aromatic rings. The Hall–Kier alpha value is -4.79. The van der Waals surface area contributed by atoms with Crippen LogP contribution < -0.4 is 0 Å². The van der Waals surface area contributed by atoms with Gasteiger partial charge in [0, 0.05) is 11.3 Å². The van der Waals surface area contributed by atoms with Crippen LogP contribution in [0.5, 0.6) is 0 Å². The van der Waals surface area contributed by atoms with Crippen LogP contribution in [0.25, 0.3) is 59.6 Å². The number of halogens is 1. The molecule has 0 amide bonds. The second kappa shape index (κ2) is 11.1. The lowest BCUT2D eigenvalue weighted by Gasteiger charge is -2.14. The Morgan fingerprint density at radius 3 is 1.63 bits per heavy atom. The number of fused-ring (bicyclic) bond motifs is 9. The molecule has 0 aliphatic heterocycles. The number of rotatable bonds is 4. The second-order valence-corrected chi connectivity index (χ2v) is 11.4. The molecule has 0 aliphatic carbocycles. The van der Waals surface area contributed by atoms with Crippen molar-refractivity contribution in [2.75, 3.05) is 0 Å². The molecule has 7 rings (SSSR count). The molecule has 0 radical (unpaired) electrons. The van der Waals surface area contributed by atoms with Crippen molar-refractivity contribution in [1.82, 2.24) is 0 Å². The maximum atomic E-state index is 6.86. The molecule has 0 spiro atoms. The highest BCUT2D eigenvalue weighted by atomic mass is 35.5. The smallest absolute Gasteiger partial charge is 0.223 e. The van der Waals surface area contributed by atoms with Gasteiger partial charge < -0.3 is 0 Å². The van der Waals surface area contributed by atoms with Crippen LogP contribution in [0.1, 0.15) is 38.3 Å². The van der Waals surface area contributed by atoms with Gasteiger partial charge in [-0.2, -0.15) is 0 Å². The highest BCUT2D eigenvalue weighted by Gasteiger charge is 2.14. The predicted octanol–water partition coefficient (Wildman–Crippen LogP) is 11.7. The minimum absolute atomic E-state index is 0.223. The first-order chi connectivity index (χ1) is 21.0. The summed E-state index contributed by atoms with van der Waals surface area (Å²) in [6.07, 6.45) is 0.860. The van der Waals surface area contributed by atoms with Gasteiger partial charge in [-0.15, -0.1) is 0 Å². The van der Waals surface area contributed by atoms with Crippen molar-refractivity contribution < 1.29 is 0 Å². The van der Waals surface area contributed by atoms with Crippen molar-refractivity contribution in [1.29, 1.82) is 0 Å². The minimum atomic E-state index is 0.223. The molecule has 0 saturated heterocycles. The molecular formula is C40H31ClN2. The van der Waals surface area contributed by atoms with Gasteiger partial charge in [0.2, 0.25) is 5.29 Å². The van der Waals surface area contributed by atoms with Crippen molar-refractivity contribution in [2.45, 2.75) is 27.2 Å². The van der Waals surface area contributed by atoms with Crippen molar-refractivity contribution in [3.8, 4) is 0 Å². The van der Waals surface area contributed by atoms with E-state index in [4.69, 9.17) is 21.6 Å². The first-order valence-electron chi connectivity index (χ1n) is 14.8. The van der Waals surface area contributed by atoms with Crippen molar-refractivity contribution >= 4 is 82.2 Å². The molecule has 0 aromatic heterocycles. The fourth-order valence-electron chi connectivity index (χ4n) is 6.26. The summed E-state index contributed by atoms with van der Waals surface area (Å²) in [6.45, 7) is 6.28. The van der Waals surface area contributed by atoms with E-state index in [9.17, 15) is 0 Å². The molecule has 0 atom stereocenters. The monoisotopic (exact) mass is 574 g/mol. The fraction of sp³-hybridized carbons (Fsp3) is 0.100. The minimum Gasteiger partial charge on any atom is -0.223 e. The zero-order valence-electron chi connectivity index (χ0n) is 24.5. The molecule has 0 heterocycles. The molecule has 0 aliphatic rings. The van der Waals surface area contributed by atoms with Crippen molar-refractivity contribution in [3.63, 3.8) is 0 Å². The summed E-state index contributed by atoms with van der Waals surface area (Å²) < 4.78 is 0. The zero-order valence-corrected chi connectivity index (χ0v) is 25.3. The number of nitrogens with zero attached hydrogens (tertiary/aromatic N) is 2. The van der Waals surface area contributed by atoms with Gasteiger partial charge in [-0.05, 0) is 109 Å². The summed E-state index contributed by atoms with van der Waals surface area (Å²) in [6, 6.07) is 43.1. The summed E-state index contributed by atoms with van der Waals surface area (Å²) in [7, 11) is 0. The van der Waals surface area contributed by atoms with E-state index in [1.165, 1.54) is 48.5 Å². The largest absolute Gasteiger partial charge is 0.223 e. The molecule has 2 nitrogen and oxygen atoms in total. The molecule has 0 fully saturated rings. The normalized spacial score (nSPS) is 13.4. The first kappa shape index (κ1) is 27.1. The lowest BCUT2D eigenvalue weighted by Crippen LogP contribution is -1.99. The van der Waals surface area contributed by atoms with Crippen LogP contribution in [0.4, 0.5) is 0 Å². The van der Waals surface area contributed by atoms with Gasteiger partial charge in [0.1, 0.15) is 0 Å². The standard InChI is InChI=1S/C40H31ClN2/c1-4-25(2)39(38-24-28-13-5-6-14-29(28)30-15-7-12-20-35(30)38)43-40(41)42-26(3)27-21-22-36-33-18-9-8-16-31(33)32-17-10-11-19-34(32)37(36)23-27/h5-24H,4H2,1-3H3/b39-25+,42-26+,43-40+. The molecule has 3 heteroatoms. The number of hydrogen-bond acceptors (Lipinski definition) is 1. The average Bonchev–Trinajstić information content (AvgIpc) is 3.06. The Bertz CT molecular complexity index is 2270. The van der Waals surface area contributed by atoms with E-state index < -0.39 is 0 Å². The average molecular weight is 575 g/mol. The maximum Gasteiger partial charge on any atom is 0.223 e. The van der Waals surface area contributed by atoms with E-state index in [2.05, 4.69) is 135 Å². The molecule has 0 N–H and O–H groups in total. The van der Waals surface area contributed by atoms with Gasteiger partial charge in [-0.3, -0.25) is 0 Å². The number of benzene rings is 7. The maximum absolute atomic E-state index is 6.86. The molecule has 0 unspecified atom stereocenters. The van der Waals surface area contributed by atoms with Gasteiger partial charge in [-0.1, -0.05) is 116 Å². The van der Waals surface area contributed by atoms with Gasteiger partial charge >= 0.3 is 0 Å². The summed E-state index contributed by atoms with van der Waals surface area (Å²) in [5.41, 5.74) is 4.96. The SMILES string of the molecule is CC/C(C)=C(/N=C(Cl)/N=C(\C)c1ccc2c3ccccc3c3ccccc3c2c1)c1cc2ccccc2c2ccccc12. The lowest BCUT2D eigenvalue weighted by molar-refractivity contribution is 1.09. The van der Waals surface area contributed by atoms with Crippen LogP contribution in [-0.4, -0.2) is 11.0 Å². The van der Waals surface area contributed by atoms with Crippen LogP contribution in [0, 0.1) is 0 Å². The first-order valence-corrected chi connectivity index (χ1v) is 15.1. The second-order valence-electron chi connectivity index (χ2n) is 11.1. The van der Waals surface area contributed by atoms with Gasteiger partial charge in [0.15, 0.2) is 0 Å². The Labute approximate surface area is 256 Å². The molecule has 208 valence electrons. The Kier molecular flexibility index (Phi) is 7.01. The Balaban J connectivity index is 1.36. The summed E-state index contributed by atoms with van der Waals surface area (Å²) >= 11 is 6.86. The summed E-state index contributed by atoms with van der Waals surface area (Å²) in [5.74, 6) is 0. The van der Waals surface area contributed by atoms with E-state index in [0.717, 1.165) is 39.9 Å². The molecule has 0 bridgehead atoms. The van der Waals surface area contributed by atoms with Crippen LogP contribution in [0.15, 0.2) is 137 Å². The fourth-order valence-corrected chi connectivity index (χ4v) is 6.47. The quantitative estimate of drug-likeness (QED) is 0.0864. The van der Waals surface area contributed by atoms with E-state index in [-0.39, 0.29) is 5.29 Å². The van der Waals surface area contributed by atoms with Crippen LogP contribution in [0.2, 0.25) is 0 Å². The van der Waals surface area contributed by atoms with E-state index in [1.54, 1.807) is 0 Å². The highest BCUT2D eigenvalue weighted by molar-refractivity contribution is 6.66. The third-order valence-corrected chi connectivity index (χ3v) is 8.75. The molecule has 0 saturated carbocycles. The van der Waals surface area contributed by atoms with Crippen molar-refractivity contribution in [2.24, 2.45) is 9.98 Å². The number of amidine groups is 1. The van der Waals surface area contributed by atoms with Gasteiger partial charge in [0.25, 0.3) is 0 Å². The molecule has 43 heavy (non-hydrogen) atoms. The number of hydrogen-bond donors (Lipinski definition) is 0. The Morgan fingerprint density at radius 2 is 1.02 bits per heavy atom. The topological polar surface area (TPSA) is 24.7 Å². The highest BCUT2D eigenvalue weighted by Crippen LogP contribution is 2.37. The van der Waals surface area contributed by atoms with E-state index in [1.807, 2.05) is 6.92 Å². The predicted molar refractivity (Wildman–Crippen MR) is 189 cm³/mol. The molecule has 7 aromatic carbocycles.